The molecule has 0 spiro atoms. The molecular formula is C10H20N4O2S. The molecule has 7 heteroatoms. The van der Waals surface area contributed by atoms with Crippen LogP contribution >= 0.6 is 0 Å². The van der Waals surface area contributed by atoms with Crippen molar-refractivity contribution in [3.8, 4) is 0 Å². The smallest absolute Gasteiger partial charge is 0.242 e. The fourth-order valence-electron chi connectivity index (χ4n) is 2.22. The van der Waals surface area contributed by atoms with E-state index in [9.17, 15) is 8.42 Å². The Morgan fingerprint density at radius 1 is 1.24 bits per heavy atom. The molecule has 0 bridgehead atoms. The van der Waals surface area contributed by atoms with E-state index in [0.717, 1.165) is 19.8 Å². The molecule has 1 fully saturated rings. The number of hydrogen-bond donors (Lipinski definition) is 1. The van der Waals surface area contributed by atoms with E-state index < -0.39 is 10.0 Å². The minimum Gasteiger partial charge on any atom is -0.367 e. The van der Waals surface area contributed by atoms with Gasteiger partial charge in [-0.05, 0) is 7.05 Å². The highest BCUT2D eigenvalue weighted by atomic mass is 32.2. The average Bonchev–Trinajstić information content (AvgIpc) is 2.29. The summed E-state index contributed by atoms with van der Waals surface area (Å²) in [4.78, 5) is 4.39. The first kappa shape index (κ1) is 12.8. The van der Waals surface area contributed by atoms with Crippen molar-refractivity contribution in [2.45, 2.75) is 0 Å². The van der Waals surface area contributed by atoms with Gasteiger partial charge in [0.05, 0.1) is 11.6 Å². The summed E-state index contributed by atoms with van der Waals surface area (Å²) in [7, 11) is 0.539. The van der Waals surface area contributed by atoms with Gasteiger partial charge in [0.15, 0.2) is 0 Å². The van der Waals surface area contributed by atoms with Crippen LogP contribution in [-0.4, -0.2) is 76.0 Å². The summed E-state index contributed by atoms with van der Waals surface area (Å²) in [5.74, 6) is 0. The number of nitrogens with one attached hydrogen (secondary N) is 1. The van der Waals surface area contributed by atoms with Gasteiger partial charge in [-0.25, -0.2) is 8.42 Å². The second-order valence-electron chi connectivity index (χ2n) is 4.66. The Hall–Kier alpha value is -0.630. The number of likely N-dealkylation sites (N-methyl/N-ethyl adjacent to an activating group) is 1. The van der Waals surface area contributed by atoms with Crippen molar-refractivity contribution in [3.05, 3.63) is 11.1 Å². The monoisotopic (exact) mass is 260 g/mol. The van der Waals surface area contributed by atoms with Crippen LogP contribution in [0.2, 0.25) is 0 Å². The topological polar surface area (TPSA) is 55.9 Å². The molecule has 2 aliphatic heterocycles. The van der Waals surface area contributed by atoms with E-state index in [2.05, 4.69) is 5.32 Å². The van der Waals surface area contributed by atoms with Gasteiger partial charge in [0, 0.05) is 46.0 Å². The first-order valence-electron chi connectivity index (χ1n) is 5.80. The van der Waals surface area contributed by atoms with E-state index in [1.165, 1.54) is 0 Å². The molecule has 0 radical (unpaired) electrons. The highest BCUT2D eigenvalue weighted by molar-refractivity contribution is 7.93. The molecule has 2 aliphatic rings. The summed E-state index contributed by atoms with van der Waals surface area (Å²) in [6.45, 7) is 3.85. The van der Waals surface area contributed by atoms with Crippen molar-refractivity contribution in [2.75, 3.05) is 53.5 Å². The Balaban J connectivity index is 2.19. The van der Waals surface area contributed by atoms with Crippen LogP contribution in [0.15, 0.2) is 11.1 Å². The first-order valence-corrected chi connectivity index (χ1v) is 7.24. The van der Waals surface area contributed by atoms with Crippen molar-refractivity contribution < 1.29 is 8.42 Å². The van der Waals surface area contributed by atoms with E-state index >= 15 is 0 Å². The van der Waals surface area contributed by atoms with Crippen molar-refractivity contribution in [3.63, 3.8) is 0 Å². The summed E-state index contributed by atoms with van der Waals surface area (Å²) in [6, 6.07) is 0. The number of hydrogen-bond acceptors (Lipinski definition) is 5. The quantitative estimate of drug-likeness (QED) is 0.683. The van der Waals surface area contributed by atoms with Crippen LogP contribution in [0.4, 0.5) is 0 Å². The Morgan fingerprint density at radius 3 is 2.47 bits per heavy atom. The molecule has 2 heterocycles. The minimum absolute atomic E-state index is 0.496. The molecule has 0 atom stereocenters. The third-order valence-corrected chi connectivity index (χ3v) is 4.94. The third-order valence-electron chi connectivity index (χ3n) is 3.00. The van der Waals surface area contributed by atoms with Crippen LogP contribution in [0.5, 0.6) is 0 Å². The molecule has 0 aromatic carbocycles. The summed E-state index contributed by atoms with van der Waals surface area (Å²) in [6.07, 6.45) is 1.75. The maximum absolute atomic E-state index is 12.4. The molecular weight excluding hydrogens is 240 g/mol. The molecule has 0 aliphatic carbocycles. The van der Waals surface area contributed by atoms with Crippen LogP contribution in [0.1, 0.15) is 0 Å². The van der Waals surface area contributed by atoms with Crippen LogP contribution in [0.25, 0.3) is 0 Å². The molecule has 0 amide bonds. The van der Waals surface area contributed by atoms with Crippen molar-refractivity contribution in [1.29, 1.82) is 0 Å². The van der Waals surface area contributed by atoms with Gasteiger partial charge < -0.3 is 10.2 Å². The lowest BCUT2D eigenvalue weighted by molar-refractivity contribution is 0.224. The molecule has 1 N–H and O–H groups in total. The fourth-order valence-corrected chi connectivity index (χ4v) is 3.91. The Morgan fingerprint density at radius 2 is 1.88 bits per heavy atom. The zero-order chi connectivity index (χ0) is 12.5. The SMILES string of the molecule is CN1C=C(S(=O)(=O)N2CCNCC2)CN(C)C1. The number of piperazine rings is 1. The van der Waals surface area contributed by atoms with Crippen LogP contribution < -0.4 is 5.32 Å². The van der Waals surface area contributed by atoms with E-state index in [1.54, 1.807) is 10.5 Å². The highest BCUT2D eigenvalue weighted by Crippen LogP contribution is 2.18. The van der Waals surface area contributed by atoms with Gasteiger partial charge in [-0.15, -0.1) is 0 Å². The van der Waals surface area contributed by atoms with Crippen LogP contribution in [0, 0.1) is 0 Å². The normalized spacial score (nSPS) is 24.8. The van der Waals surface area contributed by atoms with Crippen molar-refractivity contribution in [2.24, 2.45) is 0 Å². The lowest BCUT2D eigenvalue weighted by Crippen LogP contribution is -2.48. The predicted octanol–water partition coefficient (Wildman–Crippen LogP) is -1.10. The van der Waals surface area contributed by atoms with Gasteiger partial charge >= 0.3 is 0 Å². The van der Waals surface area contributed by atoms with Crippen molar-refractivity contribution in [1.82, 2.24) is 19.4 Å². The molecule has 17 heavy (non-hydrogen) atoms. The maximum Gasteiger partial charge on any atom is 0.242 e. The lowest BCUT2D eigenvalue weighted by atomic mass is 10.4. The number of nitrogens with zero attached hydrogens (tertiary/aromatic N) is 3. The predicted molar refractivity (Wildman–Crippen MR) is 66.7 cm³/mol. The Labute approximate surface area is 103 Å². The Kier molecular flexibility index (Phi) is 3.72. The molecule has 0 aromatic heterocycles. The van der Waals surface area contributed by atoms with Crippen molar-refractivity contribution >= 4 is 10.0 Å². The second kappa shape index (κ2) is 4.93. The van der Waals surface area contributed by atoms with E-state index in [4.69, 9.17) is 0 Å². The van der Waals surface area contributed by atoms with Gasteiger partial charge in [0.2, 0.25) is 10.0 Å². The van der Waals surface area contributed by atoms with Gasteiger partial charge in [0.1, 0.15) is 0 Å². The number of rotatable bonds is 2. The summed E-state index contributed by atoms with van der Waals surface area (Å²) >= 11 is 0. The summed E-state index contributed by atoms with van der Waals surface area (Å²) < 4.78 is 26.4. The zero-order valence-corrected chi connectivity index (χ0v) is 11.2. The van der Waals surface area contributed by atoms with E-state index in [1.807, 2.05) is 23.9 Å². The minimum atomic E-state index is -3.28. The van der Waals surface area contributed by atoms with E-state index in [-0.39, 0.29) is 0 Å². The zero-order valence-electron chi connectivity index (χ0n) is 10.4. The number of sulfonamides is 1. The van der Waals surface area contributed by atoms with E-state index in [0.29, 0.717) is 24.5 Å². The first-order chi connectivity index (χ1) is 8.00. The molecule has 98 valence electrons. The molecule has 2 rings (SSSR count). The maximum atomic E-state index is 12.4. The second-order valence-corrected chi connectivity index (χ2v) is 6.65. The highest BCUT2D eigenvalue weighted by Gasteiger charge is 2.30. The molecule has 0 unspecified atom stereocenters. The molecule has 6 nitrogen and oxygen atoms in total. The molecule has 1 saturated heterocycles. The van der Waals surface area contributed by atoms with Gasteiger partial charge in [-0.1, -0.05) is 0 Å². The third kappa shape index (κ3) is 2.79. The van der Waals surface area contributed by atoms with Crippen LogP contribution in [-0.2, 0) is 10.0 Å². The lowest BCUT2D eigenvalue weighted by Gasteiger charge is -2.33. The van der Waals surface area contributed by atoms with Gasteiger partial charge in [0.25, 0.3) is 0 Å². The largest absolute Gasteiger partial charge is 0.367 e. The van der Waals surface area contributed by atoms with Crippen LogP contribution in [0.3, 0.4) is 0 Å². The molecule has 0 aromatic rings. The molecule has 0 saturated carbocycles. The fraction of sp³-hybridized carbons (Fsp3) is 0.800. The van der Waals surface area contributed by atoms with Gasteiger partial charge in [-0.3, -0.25) is 4.90 Å². The van der Waals surface area contributed by atoms with Gasteiger partial charge in [-0.2, -0.15) is 4.31 Å². The Bertz CT molecular complexity index is 401. The standard InChI is InChI=1S/C10H20N4O2S/c1-12-7-10(8-13(2)9-12)17(15,16)14-5-3-11-4-6-14/h7,11H,3-6,8-9H2,1-2H3. The average molecular weight is 260 g/mol. The summed E-state index contributed by atoms with van der Waals surface area (Å²) in [5, 5.41) is 3.16. The summed E-state index contributed by atoms with van der Waals surface area (Å²) in [5.41, 5.74) is 0.